The molecule has 0 spiro atoms. The molecule has 0 unspecified atom stereocenters. The molecule has 0 fully saturated rings. The summed E-state index contributed by atoms with van der Waals surface area (Å²) in [4.78, 5) is 9.86. The zero-order valence-corrected chi connectivity index (χ0v) is 24.5. The standard InChI is InChI=1S/C42H29N3/c1-4-13-28(14-5-1)29-23-24-33(41(25-29)45(30-15-6-2-7-16-30)31-17-8-3-9-18-31)34-20-12-21-35-37-27-39-36(26-40(37)44-42(34)35)32-19-10-11-22-38(32)43-39/h1-27,43-44H. The molecule has 0 radical (unpaired) electrons. The van der Waals surface area contributed by atoms with Gasteiger partial charge in [0.2, 0.25) is 0 Å². The Morgan fingerprint density at radius 3 is 1.69 bits per heavy atom. The summed E-state index contributed by atoms with van der Waals surface area (Å²) in [5.74, 6) is 0. The van der Waals surface area contributed by atoms with E-state index in [2.05, 4.69) is 179 Å². The van der Waals surface area contributed by atoms with Crippen LogP contribution in [-0.4, -0.2) is 9.97 Å². The van der Waals surface area contributed by atoms with E-state index in [1.807, 2.05) is 0 Å². The molecule has 0 saturated heterocycles. The number of aromatic amines is 2. The molecule has 2 aromatic heterocycles. The number of hydrogen-bond donors (Lipinski definition) is 2. The van der Waals surface area contributed by atoms with Crippen molar-refractivity contribution in [2.45, 2.75) is 0 Å². The fraction of sp³-hybridized carbons (Fsp3) is 0. The molecule has 7 aromatic carbocycles. The van der Waals surface area contributed by atoms with Gasteiger partial charge in [-0.05, 0) is 59.7 Å². The Balaban J connectivity index is 1.32. The molecule has 0 aliphatic rings. The molecule has 45 heavy (non-hydrogen) atoms. The fourth-order valence-electron chi connectivity index (χ4n) is 6.83. The molecule has 0 bridgehead atoms. The maximum Gasteiger partial charge on any atom is 0.0546 e. The van der Waals surface area contributed by atoms with E-state index in [9.17, 15) is 0 Å². The van der Waals surface area contributed by atoms with E-state index >= 15 is 0 Å². The van der Waals surface area contributed by atoms with Crippen molar-refractivity contribution < 1.29 is 0 Å². The number of fused-ring (bicyclic) bond motifs is 6. The van der Waals surface area contributed by atoms with Crippen LogP contribution in [0.2, 0.25) is 0 Å². The van der Waals surface area contributed by atoms with E-state index < -0.39 is 0 Å². The molecule has 0 saturated carbocycles. The zero-order chi connectivity index (χ0) is 29.7. The van der Waals surface area contributed by atoms with Gasteiger partial charge in [-0.3, -0.25) is 0 Å². The first-order chi connectivity index (χ1) is 22.3. The number of H-pyrrole nitrogens is 2. The third kappa shape index (κ3) is 4.21. The van der Waals surface area contributed by atoms with Gasteiger partial charge in [-0.25, -0.2) is 0 Å². The van der Waals surface area contributed by atoms with Crippen molar-refractivity contribution in [3.63, 3.8) is 0 Å². The number of anilines is 3. The number of nitrogens with one attached hydrogen (secondary N) is 2. The summed E-state index contributed by atoms with van der Waals surface area (Å²) in [6.07, 6.45) is 0. The molecule has 9 aromatic rings. The Kier molecular flexibility index (Phi) is 5.82. The number of benzene rings is 7. The number of para-hydroxylation sites is 4. The van der Waals surface area contributed by atoms with Crippen LogP contribution in [0.1, 0.15) is 0 Å². The van der Waals surface area contributed by atoms with E-state index in [0.717, 1.165) is 44.7 Å². The van der Waals surface area contributed by atoms with Gasteiger partial charge in [-0.1, -0.05) is 115 Å². The van der Waals surface area contributed by atoms with Gasteiger partial charge >= 0.3 is 0 Å². The van der Waals surface area contributed by atoms with Gasteiger partial charge in [0.25, 0.3) is 0 Å². The first-order valence-electron chi connectivity index (χ1n) is 15.4. The molecular formula is C42H29N3. The highest BCUT2D eigenvalue weighted by Gasteiger charge is 2.21. The van der Waals surface area contributed by atoms with Crippen molar-refractivity contribution in [1.82, 2.24) is 9.97 Å². The van der Waals surface area contributed by atoms with Gasteiger partial charge in [-0.15, -0.1) is 0 Å². The third-order valence-electron chi connectivity index (χ3n) is 8.92. The molecule has 9 rings (SSSR count). The van der Waals surface area contributed by atoms with Crippen molar-refractivity contribution in [2.24, 2.45) is 0 Å². The number of nitrogens with zero attached hydrogens (tertiary/aromatic N) is 1. The van der Waals surface area contributed by atoms with Crippen molar-refractivity contribution >= 4 is 60.7 Å². The smallest absolute Gasteiger partial charge is 0.0546 e. The first-order valence-corrected chi connectivity index (χ1v) is 15.4. The molecular weight excluding hydrogens is 546 g/mol. The summed E-state index contributed by atoms with van der Waals surface area (Å²) in [6, 6.07) is 58.6. The minimum atomic E-state index is 1.11. The lowest BCUT2D eigenvalue weighted by atomic mass is 9.95. The predicted octanol–water partition coefficient (Wildman–Crippen LogP) is 11.8. The quantitative estimate of drug-likeness (QED) is 0.210. The van der Waals surface area contributed by atoms with Crippen LogP contribution < -0.4 is 4.90 Å². The average molecular weight is 576 g/mol. The maximum atomic E-state index is 3.85. The van der Waals surface area contributed by atoms with Crippen LogP contribution in [0.5, 0.6) is 0 Å². The molecule has 3 nitrogen and oxygen atoms in total. The minimum Gasteiger partial charge on any atom is -0.354 e. The van der Waals surface area contributed by atoms with Crippen LogP contribution >= 0.6 is 0 Å². The number of aromatic nitrogens is 2. The van der Waals surface area contributed by atoms with Crippen LogP contribution in [0.15, 0.2) is 164 Å². The second kappa shape index (κ2) is 10.3. The molecule has 212 valence electrons. The van der Waals surface area contributed by atoms with E-state index in [1.165, 1.54) is 38.2 Å². The third-order valence-corrected chi connectivity index (χ3v) is 8.92. The highest BCUT2D eigenvalue weighted by atomic mass is 15.1. The number of hydrogen-bond acceptors (Lipinski definition) is 1. The Hall–Kier alpha value is -6.06. The lowest BCUT2D eigenvalue weighted by Gasteiger charge is -2.28. The molecule has 0 amide bonds. The van der Waals surface area contributed by atoms with Crippen LogP contribution in [0.3, 0.4) is 0 Å². The molecule has 0 aliphatic heterocycles. The average Bonchev–Trinajstić information content (AvgIpc) is 3.66. The topological polar surface area (TPSA) is 34.8 Å². The lowest BCUT2D eigenvalue weighted by Crippen LogP contribution is -2.11. The second-order valence-corrected chi connectivity index (χ2v) is 11.6. The maximum absolute atomic E-state index is 3.85. The van der Waals surface area contributed by atoms with E-state index in [1.54, 1.807) is 0 Å². The van der Waals surface area contributed by atoms with E-state index in [4.69, 9.17) is 0 Å². The summed E-state index contributed by atoms with van der Waals surface area (Å²) in [6.45, 7) is 0. The summed E-state index contributed by atoms with van der Waals surface area (Å²) in [5, 5.41) is 4.91. The lowest BCUT2D eigenvalue weighted by molar-refractivity contribution is 1.28. The summed E-state index contributed by atoms with van der Waals surface area (Å²) in [5.41, 5.74) is 12.6. The largest absolute Gasteiger partial charge is 0.354 e. The van der Waals surface area contributed by atoms with Crippen LogP contribution in [0, 0.1) is 0 Å². The molecule has 0 atom stereocenters. The normalized spacial score (nSPS) is 11.6. The van der Waals surface area contributed by atoms with Crippen LogP contribution in [0.4, 0.5) is 17.1 Å². The van der Waals surface area contributed by atoms with Crippen LogP contribution in [-0.2, 0) is 0 Å². The van der Waals surface area contributed by atoms with Gasteiger partial charge < -0.3 is 14.9 Å². The molecule has 3 heteroatoms. The summed E-state index contributed by atoms with van der Waals surface area (Å²) < 4.78 is 0. The van der Waals surface area contributed by atoms with Crippen molar-refractivity contribution in [3.8, 4) is 22.3 Å². The minimum absolute atomic E-state index is 1.11. The number of rotatable bonds is 5. The zero-order valence-electron chi connectivity index (χ0n) is 24.5. The Morgan fingerprint density at radius 2 is 0.956 bits per heavy atom. The Labute approximate surface area is 261 Å². The van der Waals surface area contributed by atoms with Crippen LogP contribution in [0.25, 0.3) is 65.9 Å². The van der Waals surface area contributed by atoms with Gasteiger partial charge in [0.1, 0.15) is 0 Å². The van der Waals surface area contributed by atoms with E-state index in [0.29, 0.717) is 0 Å². The predicted molar refractivity (Wildman–Crippen MR) is 191 cm³/mol. The van der Waals surface area contributed by atoms with Crippen molar-refractivity contribution in [2.75, 3.05) is 4.90 Å². The van der Waals surface area contributed by atoms with Crippen molar-refractivity contribution in [3.05, 3.63) is 164 Å². The molecule has 2 heterocycles. The van der Waals surface area contributed by atoms with Gasteiger partial charge in [0.15, 0.2) is 0 Å². The SMILES string of the molecule is c1ccc(-c2ccc(-c3cccc4c3[nH]c3cc5c(cc34)[nH]c3ccccc35)c(N(c3ccccc3)c3ccccc3)c2)cc1. The highest BCUT2D eigenvalue weighted by molar-refractivity contribution is 6.19. The summed E-state index contributed by atoms with van der Waals surface area (Å²) in [7, 11) is 0. The second-order valence-electron chi connectivity index (χ2n) is 11.6. The summed E-state index contributed by atoms with van der Waals surface area (Å²) >= 11 is 0. The highest BCUT2D eigenvalue weighted by Crippen LogP contribution is 2.45. The van der Waals surface area contributed by atoms with Gasteiger partial charge in [0.05, 0.1) is 11.2 Å². The Morgan fingerprint density at radius 1 is 0.356 bits per heavy atom. The molecule has 2 N–H and O–H groups in total. The van der Waals surface area contributed by atoms with Gasteiger partial charge in [-0.2, -0.15) is 0 Å². The van der Waals surface area contributed by atoms with Gasteiger partial charge in [0, 0.05) is 60.6 Å². The molecule has 0 aliphatic carbocycles. The first kappa shape index (κ1) is 25.4. The van der Waals surface area contributed by atoms with Crippen molar-refractivity contribution in [1.29, 1.82) is 0 Å². The Bertz CT molecular complexity index is 2430. The van der Waals surface area contributed by atoms with E-state index in [-0.39, 0.29) is 0 Å². The fourth-order valence-corrected chi connectivity index (χ4v) is 6.83. The monoisotopic (exact) mass is 575 g/mol.